The van der Waals surface area contributed by atoms with Crippen LogP contribution >= 0.6 is 0 Å². The molecule has 2 rings (SSSR count). The summed E-state index contributed by atoms with van der Waals surface area (Å²) >= 11 is 0. The Balaban J connectivity index is 2.20. The number of hydrogen-bond acceptors (Lipinski definition) is 3. The van der Waals surface area contributed by atoms with Crippen molar-refractivity contribution >= 4 is 5.78 Å². The van der Waals surface area contributed by atoms with Crippen molar-refractivity contribution in [3.05, 3.63) is 53.7 Å². The fourth-order valence-electron chi connectivity index (χ4n) is 1.95. The van der Waals surface area contributed by atoms with Gasteiger partial charge in [-0.2, -0.15) is 0 Å². The number of carbonyl (C=O) groups excluding carboxylic acids is 1. The molecule has 0 saturated carbocycles. The number of ether oxygens (including phenoxy) is 1. The monoisotopic (exact) mass is 269 g/mol. The maximum atomic E-state index is 11.5. The number of pyridine rings is 1. The number of rotatable bonds is 5. The van der Waals surface area contributed by atoms with Gasteiger partial charge in [-0.25, -0.2) is 4.98 Å². The molecule has 0 saturated heterocycles. The molecule has 1 atom stereocenters. The van der Waals surface area contributed by atoms with E-state index in [1.807, 2.05) is 12.1 Å². The van der Waals surface area contributed by atoms with Gasteiger partial charge >= 0.3 is 0 Å². The van der Waals surface area contributed by atoms with Crippen molar-refractivity contribution in [1.29, 1.82) is 0 Å². The molecule has 1 aromatic heterocycles. The lowest BCUT2D eigenvalue weighted by atomic mass is 9.99. The molecule has 0 aliphatic carbocycles. The number of aromatic nitrogens is 1. The van der Waals surface area contributed by atoms with Crippen LogP contribution in [0.1, 0.15) is 49.0 Å². The van der Waals surface area contributed by atoms with Gasteiger partial charge in [0.25, 0.3) is 0 Å². The van der Waals surface area contributed by atoms with E-state index < -0.39 is 0 Å². The number of carbonyl (C=O) groups is 1. The van der Waals surface area contributed by atoms with E-state index in [4.69, 9.17) is 4.74 Å². The van der Waals surface area contributed by atoms with Gasteiger partial charge in [0.2, 0.25) is 5.88 Å². The molecule has 0 amide bonds. The molecule has 0 aliphatic heterocycles. The molecule has 0 aliphatic rings. The average molecular weight is 269 g/mol. The van der Waals surface area contributed by atoms with E-state index in [1.54, 1.807) is 18.3 Å². The fraction of sp³-hybridized carbons (Fsp3) is 0.294. The summed E-state index contributed by atoms with van der Waals surface area (Å²) in [5, 5.41) is 0. The number of Topliss-reactive ketones (excluding diaryl/α,β-unsaturated/α-hetero) is 1. The van der Waals surface area contributed by atoms with Crippen LogP contribution in [0.3, 0.4) is 0 Å². The van der Waals surface area contributed by atoms with E-state index >= 15 is 0 Å². The standard InChI is InChI=1S/C17H19NO2/c1-4-12(2)14-7-9-15(10-8-14)20-17-16(13(3)19)6-5-11-18-17/h5-12H,4H2,1-3H3. The first-order chi connectivity index (χ1) is 9.61. The van der Waals surface area contributed by atoms with E-state index in [9.17, 15) is 4.79 Å². The Morgan fingerprint density at radius 1 is 1.25 bits per heavy atom. The van der Waals surface area contributed by atoms with E-state index in [0.717, 1.165) is 6.42 Å². The van der Waals surface area contributed by atoms with Crippen molar-refractivity contribution in [3.63, 3.8) is 0 Å². The van der Waals surface area contributed by atoms with Gasteiger partial charge in [0.1, 0.15) is 5.75 Å². The van der Waals surface area contributed by atoms with E-state index in [-0.39, 0.29) is 5.78 Å². The maximum absolute atomic E-state index is 11.5. The zero-order chi connectivity index (χ0) is 14.5. The number of benzene rings is 1. The number of hydrogen-bond donors (Lipinski definition) is 0. The predicted octanol–water partition coefficient (Wildman–Crippen LogP) is 4.59. The molecule has 0 spiro atoms. The molecule has 0 fully saturated rings. The summed E-state index contributed by atoms with van der Waals surface area (Å²) in [4.78, 5) is 15.6. The van der Waals surface area contributed by atoms with Crippen molar-refractivity contribution < 1.29 is 9.53 Å². The van der Waals surface area contributed by atoms with Crippen LogP contribution in [0.25, 0.3) is 0 Å². The number of nitrogens with zero attached hydrogens (tertiary/aromatic N) is 1. The average Bonchev–Trinajstić information content (AvgIpc) is 2.47. The van der Waals surface area contributed by atoms with E-state index in [1.165, 1.54) is 12.5 Å². The Kier molecular flexibility index (Phi) is 4.51. The fourth-order valence-corrected chi connectivity index (χ4v) is 1.95. The molecular weight excluding hydrogens is 250 g/mol. The molecule has 3 nitrogen and oxygen atoms in total. The van der Waals surface area contributed by atoms with Crippen molar-refractivity contribution in [1.82, 2.24) is 4.98 Å². The zero-order valence-corrected chi connectivity index (χ0v) is 12.1. The van der Waals surface area contributed by atoms with Gasteiger partial charge in [-0.1, -0.05) is 26.0 Å². The molecule has 2 aromatic rings. The predicted molar refractivity (Wildman–Crippen MR) is 79.5 cm³/mol. The van der Waals surface area contributed by atoms with Crippen molar-refractivity contribution in [2.75, 3.05) is 0 Å². The highest BCUT2D eigenvalue weighted by Gasteiger charge is 2.10. The third kappa shape index (κ3) is 3.23. The Morgan fingerprint density at radius 2 is 1.95 bits per heavy atom. The summed E-state index contributed by atoms with van der Waals surface area (Å²) in [5.41, 5.74) is 1.78. The molecule has 104 valence electrons. The van der Waals surface area contributed by atoms with Gasteiger partial charge in [-0.05, 0) is 49.1 Å². The van der Waals surface area contributed by atoms with Crippen molar-refractivity contribution in [3.8, 4) is 11.6 Å². The summed E-state index contributed by atoms with van der Waals surface area (Å²) < 4.78 is 5.71. The van der Waals surface area contributed by atoms with Gasteiger partial charge in [0, 0.05) is 6.20 Å². The second kappa shape index (κ2) is 6.33. The normalized spacial score (nSPS) is 11.9. The van der Waals surface area contributed by atoms with Crippen molar-refractivity contribution in [2.24, 2.45) is 0 Å². The molecule has 0 N–H and O–H groups in total. The highest BCUT2D eigenvalue weighted by Crippen LogP contribution is 2.26. The Morgan fingerprint density at radius 3 is 2.55 bits per heavy atom. The highest BCUT2D eigenvalue weighted by molar-refractivity contribution is 5.96. The minimum atomic E-state index is -0.0516. The minimum absolute atomic E-state index is 0.0516. The molecule has 0 bridgehead atoms. The van der Waals surface area contributed by atoms with Crippen LogP contribution in [-0.2, 0) is 0 Å². The van der Waals surface area contributed by atoms with Crippen LogP contribution in [0.15, 0.2) is 42.6 Å². The first-order valence-corrected chi connectivity index (χ1v) is 6.85. The lowest BCUT2D eigenvalue weighted by Crippen LogP contribution is -1.99. The third-order valence-corrected chi connectivity index (χ3v) is 3.43. The SMILES string of the molecule is CCC(C)c1ccc(Oc2ncccc2C(C)=O)cc1. The second-order valence-electron chi connectivity index (χ2n) is 4.89. The lowest BCUT2D eigenvalue weighted by molar-refractivity contribution is 0.101. The van der Waals surface area contributed by atoms with Gasteiger partial charge in [0.05, 0.1) is 5.56 Å². The number of ketones is 1. The third-order valence-electron chi connectivity index (χ3n) is 3.43. The first-order valence-electron chi connectivity index (χ1n) is 6.85. The van der Waals surface area contributed by atoms with E-state index in [2.05, 4.69) is 31.0 Å². The summed E-state index contributed by atoms with van der Waals surface area (Å²) in [7, 11) is 0. The Bertz CT molecular complexity index is 590. The lowest BCUT2D eigenvalue weighted by Gasteiger charge is -2.11. The molecule has 1 aromatic carbocycles. The summed E-state index contributed by atoms with van der Waals surface area (Å²) in [6.45, 7) is 5.88. The van der Waals surface area contributed by atoms with Crippen LogP contribution in [0.4, 0.5) is 0 Å². The molecule has 1 heterocycles. The topological polar surface area (TPSA) is 39.2 Å². The largest absolute Gasteiger partial charge is 0.438 e. The van der Waals surface area contributed by atoms with Gasteiger partial charge < -0.3 is 4.74 Å². The van der Waals surface area contributed by atoms with Crippen LogP contribution < -0.4 is 4.74 Å². The van der Waals surface area contributed by atoms with Crippen molar-refractivity contribution in [2.45, 2.75) is 33.1 Å². The second-order valence-corrected chi connectivity index (χ2v) is 4.89. The molecule has 0 radical (unpaired) electrons. The molecule has 20 heavy (non-hydrogen) atoms. The van der Waals surface area contributed by atoms with Gasteiger partial charge in [-0.3, -0.25) is 4.79 Å². The van der Waals surface area contributed by atoms with Crippen LogP contribution in [0.5, 0.6) is 11.6 Å². The van der Waals surface area contributed by atoms with Crippen LogP contribution in [-0.4, -0.2) is 10.8 Å². The summed E-state index contributed by atoms with van der Waals surface area (Å²) in [6.07, 6.45) is 2.73. The highest BCUT2D eigenvalue weighted by atomic mass is 16.5. The minimum Gasteiger partial charge on any atom is -0.438 e. The Labute approximate surface area is 119 Å². The summed E-state index contributed by atoms with van der Waals surface area (Å²) in [5.74, 6) is 1.53. The Hall–Kier alpha value is -2.16. The quantitative estimate of drug-likeness (QED) is 0.745. The maximum Gasteiger partial charge on any atom is 0.230 e. The van der Waals surface area contributed by atoms with Gasteiger partial charge in [-0.15, -0.1) is 0 Å². The summed E-state index contributed by atoms with van der Waals surface area (Å²) in [6, 6.07) is 11.4. The van der Waals surface area contributed by atoms with Crippen LogP contribution in [0.2, 0.25) is 0 Å². The molecule has 1 unspecified atom stereocenters. The van der Waals surface area contributed by atoms with Gasteiger partial charge in [0.15, 0.2) is 5.78 Å². The first kappa shape index (κ1) is 14.3. The molecular formula is C17H19NO2. The smallest absolute Gasteiger partial charge is 0.230 e. The molecule has 3 heteroatoms. The van der Waals surface area contributed by atoms with Crippen LogP contribution in [0, 0.1) is 0 Å². The van der Waals surface area contributed by atoms with E-state index in [0.29, 0.717) is 23.1 Å². The zero-order valence-electron chi connectivity index (χ0n) is 12.1.